The van der Waals surface area contributed by atoms with Crippen LogP contribution in [-0.2, 0) is 13.0 Å². The first-order chi connectivity index (χ1) is 20.0. The largest absolute Gasteiger partial charge is 0.493 e. The highest BCUT2D eigenvalue weighted by Gasteiger charge is 2.19. The number of anilines is 1. The lowest BCUT2D eigenvalue weighted by molar-refractivity contribution is 0.102. The van der Waals surface area contributed by atoms with E-state index in [9.17, 15) is 9.59 Å². The highest BCUT2D eigenvalue weighted by Crippen LogP contribution is 2.33. The molecule has 8 heteroatoms. The number of nitrogens with zero attached hydrogens (tertiary/aromatic N) is 1. The quantitative estimate of drug-likeness (QED) is 0.252. The van der Waals surface area contributed by atoms with Crippen molar-refractivity contribution in [1.82, 2.24) is 9.88 Å². The second-order valence-electron chi connectivity index (χ2n) is 10.1. The summed E-state index contributed by atoms with van der Waals surface area (Å²) in [5, 5.41) is 4.01. The molecule has 0 atom stereocenters. The fourth-order valence-electron chi connectivity index (χ4n) is 5.39. The Balaban J connectivity index is 1.07. The molecule has 0 saturated carbocycles. The van der Waals surface area contributed by atoms with Crippen molar-refractivity contribution in [2.45, 2.75) is 13.0 Å². The van der Waals surface area contributed by atoms with E-state index in [1.54, 1.807) is 38.5 Å². The minimum atomic E-state index is -0.296. The molecule has 0 aliphatic carbocycles. The van der Waals surface area contributed by atoms with Gasteiger partial charge in [0.05, 0.1) is 25.3 Å². The maximum Gasteiger partial charge on any atom is 0.257 e. The lowest BCUT2D eigenvalue weighted by Crippen LogP contribution is -2.33. The second-order valence-corrected chi connectivity index (χ2v) is 10.1. The fraction of sp³-hybridized carbons (Fsp3) is 0.212. The maximum atomic E-state index is 13.2. The van der Waals surface area contributed by atoms with Gasteiger partial charge in [-0.2, -0.15) is 0 Å². The van der Waals surface area contributed by atoms with E-state index in [0.29, 0.717) is 39.7 Å². The van der Waals surface area contributed by atoms with E-state index in [0.717, 1.165) is 43.3 Å². The highest BCUT2D eigenvalue weighted by atomic mass is 16.5. The smallest absolute Gasteiger partial charge is 0.257 e. The van der Waals surface area contributed by atoms with Crippen LogP contribution < -0.4 is 25.0 Å². The van der Waals surface area contributed by atoms with Gasteiger partial charge in [-0.1, -0.05) is 18.2 Å². The lowest BCUT2D eigenvalue weighted by atomic mass is 9.99. The molecule has 0 unspecified atom stereocenters. The molecule has 1 amide bonds. The van der Waals surface area contributed by atoms with E-state index in [2.05, 4.69) is 27.3 Å². The minimum Gasteiger partial charge on any atom is -0.493 e. The summed E-state index contributed by atoms with van der Waals surface area (Å²) in [7, 11) is 3.31. The monoisotopic (exact) mass is 549 g/mol. The predicted octanol–water partition coefficient (Wildman–Crippen LogP) is 5.39. The first-order valence-corrected chi connectivity index (χ1v) is 13.6. The molecule has 2 N–H and O–H groups in total. The Morgan fingerprint density at radius 2 is 1.63 bits per heavy atom. The number of carbonyl (C=O) groups is 1. The molecule has 208 valence electrons. The van der Waals surface area contributed by atoms with Crippen molar-refractivity contribution in [2.24, 2.45) is 0 Å². The van der Waals surface area contributed by atoms with Crippen molar-refractivity contribution in [3.8, 4) is 17.2 Å². The summed E-state index contributed by atoms with van der Waals surface area (Å²) < 4.78 is 16.9. The number of methoxy groups -OCH3 is 2. The first kappa shape index (κ1) is 26.4. The normalized spacial score (nSPS) is 13.1. The molecule has 2 heterocycles. The van der Waals surface area contributed by atoms with Gasteiger partial charge in [0.1, 0.15) is 12.4 Å². The Kier molecular flexibility index (Phi) is 7.31. The van der Waals surface area contributed by atoms with Crippen LogP contribution in [0.4, 0.5) is 5.69 Å². The van der Waals surface area contributed by atoms with Crippen LogP contribution in [0, 0.1) is 0 Å². The summed E-state index contributed by atoms with van der Waals surface area (Å²) in [6.07, 6.45) is 0.949. The predicted molar refractivity (Wildman–Crippen MR) is 160 cm³/mol. The number of rotatable bonds is 8. The van der Waals surface area contributed by atoms with E-state index in [1.807, 2.05) is 42.5 Å². The molecule has 0 saturated heterocycles. The van der Waals surface area contributed by atoms with Crippen LogP contribution in [0.15, 0.2) is 83.7 Å². The molecular weight excluding hydrogens is 518 g/mol. The summed E-state index contributed by atoms with van der Waals surface area (Å²) in [4.78, 5) is 31.8. The van der Waals surface area contributed by atoms with Gasteiger partial charge in [0, 0.05) is 41.6 Å². The summed E-state index contributed by atoms with van der Waals surface area (Å²) in [5.74, 6) is 1.95. The number of fused-ring (bicyclic) bond motifs is 3. The summed E-state index contributed by atoms with van der Waals surface area (Å²) in [6, 6.07) is 23.9. The lowest BCUT2D eigenvalue weighted by Gasteiger charge is -2.29. The zero-order valence-electron chi connectivity index (χ0n) is 23.0. The van der Waals surface area contributed by atoms with Gasteiger partial charge in [0.25, 0.3) is 5.91 Å². The molecule has 41 heavy (non-hydrogen) atoms. The number of aromatic nitrogens is 1. The number of hydrogen-bond donors (Lipinski definition) is 2. The van der Waals surface area contributed by atoms with Gasteiger partial charge in [-0.05, 0) is 78.2 Å². The van der Waals surface area contributed by atoms with Crippen LogP contribution in [-0.4, -0.2) is 49.7 Å². The summed E-state index contributed by atoms with van der Waals surface area (Å²) in [6.45, 7) is 3.12. The van der Waals surface area contributed by atoms with Gasteiger partial charge in [0.15, 0.2) is 16.9 Å². The third-order valence-electron chi connectivity index (χ3n) is 7.57. The van der Waals surface area contributed by atoms with Crippen molar-refractivity contribution >= 4 is 33.4 Å². The molecule has 0 radical (unpaired) electrons. The molecule has 0 fully saturated rings. The molecule has 0 bridgehead atoms. The Morgan fingerprint density at radius 3 is 2.41 bits per heavy atom. The molecule has 8 nitrogen and oxygen atoms in total. The zero-order valence-corrected chi connectivity index (χ0v) is 23.0. The number of nitrogens with one attached hydrogen (secondary N) is 2. The van der Waals surface area contributed by atoms with E-state index in [-0.39, 0.29) is 11.3 Å². The number of aromatic amines is 1. The summed E-state index contributed by atoms with van der Waals surface area (Å²) in [5.41, 5.74) is 4.70. The van der Waals surface area contributed by atoms with E-state index >= 15 is 0 Å². The van der Waals surface area contributed by atoms with Crippen molar-refractivity contribution in [3.63, 3.8) is 0 Å². The Morgan fingerprint density at radius 1 is 0.902 bits per heavy atom. The third kappa shape index (κ3) is 5.34. The van der Waals surface area contributed by atoms with E-state index < -0.39 is 0 Å². The summed E-state index contributed by atoms with van der Waals surface area (Å²) >= 11 is 0. The van der Waals surface area contributed by atoms with E-state index in [4.69, 9.17) is 14.2 Å². The molecule has 5 aromatic rings. The minimum absolute atomic E-state index is 0.0979. The molecule has 0 spiro atoms. The number of benzene rings is 4. The Hall–Kier alpha value is -4.82. The Labute approximate surface area is 237 Å². The van der Waals surface area contributed by atoms with Gasteiger partial charge in [-0.15, -0.1) is 0 Å². The number of carbonyl (C=O) groups excluding carboxylic acids is 1. The van der Waals surface area contributed by atoms with Crippen LogP contribution in [0.5, 0.6) is 17.2 Å². The van der Waals surface area contributed by atoms with Crippen molar-refractivity contribution < 1.29 is 19.0 Å². The van der Waals surface area contributed by atoms with Crippen LogP contribution >= 0.6 is 0 Å². The van der Waals surface area contributed by atoms with Gasteiger partial charge in [-0.25, -0.2) is 0 Å². The third-order valence-corrected chi connectivity index (χ3v) is 7.57. The fourth-order valence-corrected chi connectivity index (χ4v) is 5.39. The van der Waals surface area contributed by atoms with Gasteiger partial charge < -0.3 is 24.5 Å². The van der Waals surface area contributed by atoms with E-state index in [1.165, 1.54) is 11.1 Å². The number of para-hydroxylation sites is 2. The average molecular weight is 550 g/mol. The van der Waals surface area contributed by atoms with Crippen molar-refractivity contribution in [1.29, 1.82) is 0 Å². The maximum absolute atomic E-state index is 13.2. The van der Waals surface area contributed by atoms with Crippen LogP contribution in [0.3, 0.4) is 0 Å². The number of hydrogen-bond acceptors (Lipinski definition) is 6. The Bertz CT molecular complexity index is 1800. The number of pyridine rings is 1. The topological polar surface area (TPSA) is 92.9 Å². The van der Waals surface area contributed by atoms with Crippen molar-refractivity contribution in [2.75, 3.05) is 39.2 Å². The van der Waals surface area contributed by atoms with Crippen LogP contribution in [0.1, 0.15) is 21.5 Å². The SMILES string of the molecule is COc1cc2c(cc1OC)CN(CCOc1ccc(NC(=O)c3cccc4c(=O)c5ccccc5[nH]c34)cc1)CC2. The van der Waals surface area contributed by atoms with Gasteiger partial charge in [0.2, 0.25) is 0 Å². The standard InChI is InChI=1S/C33H31N3O5/c1-39-29-18-21-14-15-36(20-22(21)19-30(29)40-2)16-17-41-24-12-10-23(11-13-24)34-33(38)27-8-5-7-26-31(27)35-28-9-4-3-6-25(28)32(26)37/h3-13,18-19H,14-17,20H2,1-2H3,(H,34,38)(H,35,37). The van der Waals surface area contributed by atoms with Crippen LogP contribution in [0.25, 0.3) is 21.8 Å². The average Bonchev–Trinajstić information content (AvgIpc) is 3.01. The molecule has 4 aromatic carbocycles. The number of amides is 1. The number of ether oxygens (including phenoxy) is 3. The molecule has 6 rings (SSSR count). The highest BCUT2D eigenvalue weighted by molar-refractivity contribution is 6.13. The molecular formula is C33H31N3O5. The van der Waals surface area contributed by atoms with Gasteiger partial charge >= 0.3 is 0 Å². The molecule has 1 aliphatic rings. The zero-order chi connectivity index (χ0) is 28.3. The molecule has 1 aliphatic heterocycles. The second kappa shape index (κ2) is 11.3. The van der Waals surface area contributed by atoms with Crippen LogP contribution in [0.2, 0.25) is 0 Å². The molecule has 1 aromatic heterocycles. The van der Waals surface area contributed by atoms with Gasteiger partial charge in [-0.3, -0.25) is 14.5 Å². The van der Waals surface area contributed by atoms with Crippen molar-refractivity contribution in [3.05, 3.63) is 106 Å². The number of H-pyrrole nitrogens is 1. The first-order valence-electron chi connectivity index (χ1n) is 13.6.